The van der Waals surface area contributed by atoms with Gasteiger partial charge in [0.1, 0.15) is 0 Å². The Morgan fingerprint density at radius 2 is 2.33 bits per heavy atom. The van der Waals surface area contributed by atoms with Gasteiger partial charge in [-0.15, -0.1) is 0 Å². The van der Waals surface area contributed by atoms with Gasteiger partial charge in [-0.3, -0.25) is 4.79 Å². The summed E-state index contributed by atoms with van der Waals surface area (Å²) in [7, 11) is 0. The molecule has 2 atom stereocenters. The number of nitrogens with one attached hydrogen (secondary N) is 1. The van der Waals surface area contributed by atoms with Crippen LogP contribution in [0.25, 0.3) is 10.9 Å². The maximum absolute atomic E-state index is 12.7. The van der Waals surface area contributed by atoms with E-state index in [0.717, 1.165) is 10.9 Å². The molecule has 1 fully saturated rings. The number of fused-ring (bicyclic) bond motifs is 1. The summed E-state index contributed by atoms with van der Waals surface area (Å²) >= 11 is 0. The molecule has 4 N–H and O–H groups in total. The number of aromatic amines is 1. The highest BCUT2D eigenvalue weighted by Crippen LogP contribution is 2.23. The van der Waals surface area contributed by atoms with Crippen molar-refractivity contribution < 1.29 is 14.6 Å². The first-order valence-corrected chi connectivity index (χ1v) is 7.00. The molecule has 1 saturated heterocycles. The van der Waals surface area contributed by atoms with Crippen molar-refractivity contribution in [1.29, 1.82) is 0 Å². The fourth-order valence-electron chi connectivity index (χ4n) is 2.80. The molecule has 1 aliphatic rings. The number of aliphatic hydroxyl groups excluding tert-OH is 1. The van der Waals surface area contributed by atoms with Crippen molar-refractivity contribution in [2.45, 2.75) is 19.1 Å². The second kappa shape index (κ2) is 5.38. The number of aromatic nitrogens is 1. The van der Waals surface area contributed by atoms with Crippen LogP contribution < -0.4 is 5.73 Å². The number of rotatable bonds is 2. The summed E-state index contributed by atoms with van der Waals surface area (Å²) in [5.74, 6) is -0.0559. The summed E-state index contributed by atoms with van der Waals surface area (Å²) in [5, 5.41) is 10.1. The van der Waals surface area contributed by atoms with Crippen LogP contribution in [-0.4, -0.2) is 52.8 Å². The topological polar surface area (TPSA) is 91.6 Å². The summed E-state index contributed by atoms with van der Waals surface area (Å²) < 4.78 is 5.57. The number of benzene rings is 1. The predicted molar refractivity (Wildman–Crippen MR) is 80.0 cm³/mol. The maximum atomic E-state index is 12.7. The molecule has 2 unspecified atom stereocenters. The van der Waals surface area contributed by atoms with Crippen molar-refractivity contribution in [1.82, 2.24) is 9.88 Å². The minimum absolute atomic E-state index is 0.0559. The van der Waals surface area contributed by atoms with Crippen molar-refractivity contribution in [3.05, 3.63) is 30.0 Å². The second-order valence-corrected chi connectivity index (χ2v) is 5.47. The third-order valence-electron chi connectivity index (χ3n) is 3.75. The Bertz CT molecular complexity index is 667. The number of hydrogen-bond acceptors (Lipinski definition) is 4. The molecule has 21 heavy (non-hydrogen) atoms. The first-order chi connectivity index (χ1) is 10.1. The first kappa shape index (κ1) is 13.9. The van der Waals surface area contributed by atoms with Crippen LogP contribution in [0, 0.1) is 0 Å². The lowest BCUT2D eigenvalue weighted by atomic mass is 10.1. The summed E-state index contributed by atoms with van der Waals surface area (Å²) in [5.41, 5.74) is 7.87. The van der Waals surface area contributed by atoms with Gasteiger partial charge >= 0.3 is 0 Å². The smallest absolute Gasteiger partial charge is 0.256 e. The first-order valence-electron chi connectivity index (χ1n) is 7.00. The van der Waals surface area contributed by atoms with E-state index in [0.29, 0.717) is 24.3 Å². The molecule has 1 aromatic carbocycles. The van der Waals surface area contributed by atoms with Crippen LogP contribution in [0.3, 0.4) is 0 Å². The van der Waals surface area contributed by atoms with E-state index in [9.17, 15) is 9.90 Å². The third-order valence-corrected chi connectivity index (χ3v) is 3.75. The third kappa shape index (κ3) is 2.59. The van der Waals surface area contributed by atoms with Gasteiger partial charge < -0.3 is 25.5 Å². The highest BCUT2D eigenvalue weighted by molar-refractivity contribution is 6.07. The Labute approximate surface area is 122 Å². The Kier molecular flexibility index (Phi) is 3.57. The monoisotopic (exact) mass is 289 g/mol. The summed E-state index contributed by atoms with van der Waals surface area (Å²) in [6.07, 6.45) is 1.31. The van der Waals surface area contributed by atoms with Crippen LogP contribution in [0.15, 0.2) is 24.4 Å². The van der Waals surface area contributed by atoms with Crippen molar-refractivity contribution in [3.63, 3.8) is 0 Å². The zero-order valence-corrected chi connectivity index (χ0v) is 11.9. The standard InChI is InChI=1S/C15H19N3O3/c1-9-6-18(7-11(8-19)21-9)15(20)13-5-17-14-4-10(16)2-3-12(13)14/h2-5,9,11,17,19H,6-8,16H2,1H3. The van der Waals surface area contributed by atoms with Gasteiger partial charge in [0.15, 0.2) is 0 Å². The predicted octanol–water partition coefficient (Wildman–Crippen LogP) is 0.972. The van der Waals surface area contributed by atoms with Gasteiger partial charge in [-0.1, -0.05) is 0 Å². The number of nitrogen functional groups attached to an aromatic ring is 1. The molecule has 2 aromatic rings. The Hall–Kier alpha value is -2.05. The number of carbonyl (C=O) groups is 1. The highest BCUT2D eigenvalue weighted by atomic mass is 16.5. The van der Waals surface area contributed by atoms with Crippen LogP contribution in [-0.2, 0) is 4.74 Å². The van der Waals surface area contributed by atoms with Crippen LogP contribution in [0.1, 0.15) is 17.3 Å². The molecule has 0 saturated carbocycles. The molecule has 0 radical (unpaired) electrons. The molecule has 0 spiro atoms. The van der Waals surface area contributed by atoms with E-state index in [1.807, 2.05) is 19.1 Å². The van der Waals surface area contributed by atoms with Gasteiger partial charge in [-0.05, 0) is 25.1 Å². The molecule has 1 amide bonds. The van der Waals surface area contributed by atoms with E-state index in [1.165, 1.54) is 0 Å². The lowest BCUT2D eigenvalue weighted by Gasteiger charge is -2.36. The fraction of sp³-hybridized carbons (Fsp3) is 0.400. The van der Waals surface area contributed by atoms with Crippen molar-refractivity contribution in [2.75, 3.05) is 25.4 Å². The minimum atomic E-state index is -0.321. The number of nitrogens with zero attached hydrogens (tertiary/aromatic N) is 1. The number of hydrogen-bond donors (Lipinski definition) is 3. The molecular formula is C15H19N3O3. The molecule has 3 rings (SSSR count). The van der Waals surface area contributed by atoms with Gasteiger partial charge in [0, 0.05) is 35.9 Å². The van der Waals surface area contributed by atoms with E-state index in [1.54, 1.807) is 17.2 Å². The maximum Gasteiger partial charge on any atom is 0.256 e. The minimum Gasteiger partial charge on any atom is -0.399 e. The number of H-pyrrole nitrogens is 1. The van der Waals surface area contributed by atoms with Crippen LogP contribution >= 0.6 is 0 Å². The normalized spacial score (nSPS) is 22.7. The molecule has 1 aliphatic heterocycles. The van der Waals surface area contributed by atoms with Crippen molar-refractivity contribution >= 4 is 22.5 Å². The van der Waals surface area contributed by atoms with Gasteiger partial charge in [0.05, 0.1) is 24.4 Å². The molecule has 0 aliphatic carbocycles. The zero-order valence-electron chi connectivity index (χ0n) is 11.9. The molecule has 1 aromatic heterocycles. The lowest BCUT2D eigenvalue weighted by Crippen LogP contribution is -2.50. The number of amides is 1. The van der Waals surface area contributed by atoms with Crippen LogP contribution in [0.4, 0.5) is 5.69 Å². The van der Waals surface area contributed by atoms with Gasteiger partial charge in [-0.2, -0.15) is 0 Å². The number of aliphatic hydroxyl groups is 1. The SMILES string of the molecule is CC1CN(C(=O)c2c[nH]c3cc(N)ccc23)CC(CO)O1. The van der Waals surface area contributed by atoms with Gasteiger partial charge in [0.25, 0.3) is 5.91 Å². The van der Waals surface area contributed by atoms with Gasteiger partial charge in [-0.25, -0.2) is 0 Å². The number of carbonyl (C=O) groups excluding carboxylic acids is 1. The average Bonchev–Trinajstić information content (AvgIpc) is 2.88. The highest BCUT2D eigenvalue weighted by Gasteiger charge is 2.29. The number of morpholine rings is 1. The number of anilines is 1. The van der Waals surface area contributed by atoms with Crippen molar-refractivity contribution in [3.8, 4) is 0 Å². The molecular weight excluding hydrogens is 270 g/mol. The molecule has 6 nitrogen and oxygen atoms in total. The molecule has 2 heterocycles. The van der Waals surface area contributed by atoms with E-state index >= 15 is 0 Å². The van der Waals surface area contributed by atoms with E-state index in [4.69, 9.17) is 10.5 Å². The quantitative estimate of drug-likeness (QED) is 0.718. The summed E-state index contributed by atoms with van der Waals surface area (Å²) in [6.45, 7) is 2.74. The largest absolute Gasteiger partial charge is 0.399 e. The molecule has 6 heteroatoms. The fourth-order valence-corrected chi connectivity index (χ4v) is 2.80. The Morgan fingerprint density at radius 1 is 1.52 bits per heavy atom. The molecule has 0 bridgehead atoms. The van der Waals surface area contributed by atoms with Crippen molar-refractivity contribution in [2.24, 2.45) is 0 Å². The second-order valence-electron chi connectivity index (χ2n) is 5.47. The number of ether oxygens (including phenoxy) is 1. The Morgan fingerprint density at radius 3 is 3.10 bits per heavy atom. The zero-order chi connectivity index (χ0) is 15.0. The lowest BCUT2D eigenvalue weighted by molar-refractivity contribution is -0.0858. The van der Waals surface area contributed by atoms with Crippen LogP contribution in [0.5, 0.6) is 0 Å². The average molecular weight is 289 g/mol. The number of nitrogens with two attached hydrogens (primary N) is 1. The summed E-state index contributed by atoms with van der Waals surface area (Å²) in [6, 6.07) is 5.44. The summed E-state index contributed by atoms with van der Waals surface area (Å²) in [4.78, 5) is 17.5. The van der Waals surface area contributed by atoms with Crippen LogP contribution in [0.2, 0.25) is 0 Å². The van der Waals surface area contributed by atoms with E-state index in [2.05, 4.69) is 4.98 Å². The Balaban J connectivity index is 1.89. The van der Waals surface area contributed by atoms with Gasteiger partial charge in [0.2, 0.25) is 0 Å². The van der Waals surface area contributed by atoms with E-state index in [-0.39, 0.29) is 24.7 Å². The molecule has 112 valence electrons. The van der Waals surface area contributed by atoms with E-state index < -0.39 is 0 Å².